The van der Waals surface area contributed by atoms with Crippen LogP contribution in [0.5, 0.6) is 0 Å². The number of allylic oxidation sites excluding steroid dienone is 1. The zero-order chi connectivity index (χ0) is 21.3. The highest BCUT2D eigenvalue weighted by atomic mass is 19.2. The van der Waals surface area contributed by atoms with E-state index in [1.54, 1.807) is 6.92 Å². The third-order valence-electron chi connectivity index (χ3n) is 5.14. The van der Waals surface area contributed by atoms with Gasteiger partial charge < -0.3 is 19.8 Å². The van der Waals surface area contributed by atoms with Crippen molar-refractivity contribution in [1.29, 1.82) is 0 Å². The molecule has 0 atom stereocenters. The minimum Gasteiger partial charge on any atom is -0.468 e. The molecule has 1 aromatic rings. The van der Waals surface area contributed by atoms with Crippen LogP contribution in [0.15, 0.2) is 23.3 Å². The zero-order valence-electron chi connectivity index (χ0n) is 16.9. The highest BCUT2D eigenvalue weighted by Crippen LogP contribution is 2.37. The van der Waals surface area contributed by atoms with Crippen molar-refractivity contribution in [1.82, 2.24) is 0 Å². The number of methoxy groups -OCH3 is 1. The lowest BCUT2D eigenvalue weighted by Crippen LogP contribution is -2.41. The van der Waals surface area contributed by atoms with Crippen molar-refractivity contribution >= 4 is 29.8 Å². The standard InChI is InChI=1S/C19H25BF2N2O4/c1-11(24-10-15(25)26-6)13(9-23)12-7-8-14(17(22)16(12)21)20-27-18(2,3)19(4,5)28-20/h7-9H,10,23H2,1-6H3/b13-9+,24-11?. The fourth-order valence-corrected chi connectivity index (χ4v) is 2.66. The van der Waals surface area contributed by atoms with E-state index in [0.717, 1.165) is 6.20 Å². The summed E-state index contributed by atoms with van der Waals surface area (Å²) in [6, 6.07) is 2.78. The summed E-state index contributed by atoms with van der Waals surface area (Å²) in [5, 5.41) is 0. The summed E-state index contributed by atoms with van der Waals surface area (Å²) in [6.07, 6.45) is 1.11. The van der Waals surface area contributed by atoms with Crippen molar-refractivity contribution in [3.63, 3.8) is 0 Å². The Kier molecular flexibility index (Phi) is 6.30. The molecule has 0 saturated carbocycles. The third-order valence-corrected chi connectivity index (χ3v) is 5.14. The molecule has 1 saturated heterocycles. The fourth-order valence-electron chi connectivity index (χ4n) is 2.66. The highest BCUT2D eigenvalue weighted by molar-refractivity contribution is 6.62. The van der Waals surface area contributed by atoms with Gasteiger partial charge in [0.2, 0.25) is 0 Å². The number of benzene rings is 1. The maximum Gasteiger partial charge on any atom is 0.497 e. The number of hydrogen-bond donors (Lipinski definition) is 1. The molecule has 1 fully saturated rings. The van der Waals surface area contributed by atoms with Gasteiger partial charge in [-0.1, -0.05) is 12.1 Å². The molecule has 0 bridgehead atoms. The second-order valence-corrected chi connectivity index (χ2v) is 7.48. The van der Waals surface area contributed by atoms with Crippen molar-refractivity contribution in [2.45, 2.75) is 45.8 Å². The summed E-state index contributed by atoms with van der Waals surface area (Å²) in [5.41, 5.74) is 4.56. The average Bonchev–Trinajstić information content (AvgIpc) is 2.84. The number of nitrogens with two attached hydrogens (primary N) is 1. The molecule has 0 amide bonds. The molecule has 6 nitrogen and oxygen atoms in total. The number of hydrogen-bond acceptors (Lipinski definition) is 6. The van der Waals surface area contributed by atoms with Crippen LogP contribution in [0.1, 0.15) is 40.2 Å². The van der Waals surface area contributed by atoms with E-state index in [1.807, 2.05) is 27.7 Å². The number of nitrogens with zero attached hydrogens (tertiary/aromatic N) is 1. The SMILES string of the molecule is COC(=O)CN=C(C)/C(=C\N)c1ccc(B2OC(C)(C)C(C)(C)O2)c(F)c1F. The van der Waals surface area contributed by atoms with Gasteiger partial charge >= 0.3 is 13.1 Å². The van der Waals surface area contributed by atoms with Gasteiger partial charge in [-0.3, -0.25) is 9.79 Å². The zero-order valence-corrected chi connectivity index (χ0v) is 16.9. The van der Waals surface area contributed by atoms with E-state index >= 15 is 0 Å². The first-order chi connectivity index (χ1) is 12.9. The molecule has 1 aromatic carbocycles. The third kappa shape index (κ3) is 4.10. The maximum atomic E-state index is 14.8. The van der Waals surface area contributed by atoms with Gasteiger partial charge in [-0.2, -0.15) is 0 Å². The van der Waals surface area contributed by atoms with Crippen LogP contribution in [0.2, 0.25) is 0 Å². The number of esters is 1. The lowest BCUT2D eigenvalue weighted by molar-refractivity contribution is -0.138. The van der Waals surface area contributed by atoms with E-state index in [1.165, 1.54) is 19.2 Å². The molecule has 1 aliphatic heterocycles. The molecule has 0 aliphatic carbocycles. The summed E-state index contributed by atoms with van der Waals surface area (Å²) in [7, 11) is 0.198. The number of rotatable bonds is 5. The monoisotopic (exact) mass is 394 g/mol. The highest BCUT2D eigenvalue weighted by Gasteiger charge is 2.52. The smallest absolute Gasteiger partial charge is 0.468 e. The van der Waals surface area contributed by atoms with Gasteiger partial charge in [0.15, 0.2) is 11.6 Å². The lowest BCUT2D eigenvalue weighted by atomic mass is 9.77. The van der Waals surface area contributed by atoms with Gasteiger partial charge in [0.1, 0.15) is 6.54 Å². The number of aliphatic imine (C=N–C) groups is 1. The molecular weight excluding hydrogens is 369 g/mol. The Morgan fingerprint density at radius 2 is 1.79 bits per heavy atom. The van der Waals surface area contributed by atoms with Gasteiger partial charge in [-0.25, -0.2) is 8.78 Å². The average molecular weight is 394 g/mol. The van der Waals surface area contributed by atoms with Gasteiger partial charge in [0.25, 0.3) is 0 Å². The Balaban J connectivity index is 2.37. The summed E-state index contributed by atoms with van der Waals surface area (Å²) in [5.74, 6) is -2.74. The van der Waals surface area contributed by atoms with Crippen LogP contribution in [0.25, 0.3) is 5.57 Å². The van der Waals surface area contributed by atoms with E-state index < -0.39 is 35.9 Å². The molecule has 28 heavy (non-hydrogen) atoms. The van der Waals surface area contributed by atoms with Gasteiger partial charge in [-0.05, 0) is 34.6 Å². The Labute approximate surface area is 163 Å². The van der Waals surface area contributed by atoms with E-state index in [-0.39, 0.29) is 28.9 Å². The number of carbonyl (C=O) groups excluding carboxylic acids is 1. The molecule has 9 heteroatoms. The van der Waals surface area contributed by atoms with Gasteiger partial charge in [-0.15, -0.1) is 0 Å². The summed E-state index contributed by atoms with van der Waals surface area (Å²) < 4.78 is 45.8. The second-order valence-electron chi connectivity index (χ2n) is 7.48. The lowest BCUT2D eigenvalue weighted by Gasteiger charge is -2.32. The van der Waals surface area contributed by atoms with Crippen LogP contribution in [0.4, 0.5) is 8.78 Å². The molecule has 0 unspecified atom stereocenters. The van der Waals surface area contributed by atoms with E-state index in [2.05, 4.69) is 9.73 Å². The largest absolute Gasteiger partial charge is 0.497 e. The minimum absolute atomic E-state index is 0.0413. The van der Waals surface area contributed by atoms with Gasteiger partial charge in [0.05, 0.1) is 18.3 Å². The Morgan fingerprint density at radius 1 is 1.21 bits per heavy atom. The molecule has 0 aromatic heterocycles. The maximum absolute atomic E-state index is 14.8. The topological polar surface area (TPSA) is 83.1 Å². The first-order valence-corrected chi connectivity index (χ1v) is 8.79. The van der Waals surface area contributed by atoms with E-state index in [4.69, 9.17) is 15.0 Å². The van der Waals surface area contributed by atoms with E-state index in [0.29, 0.717) is 0 Å². The van der Waals surface area contributed by atoms with Crippen molar-refractivity contribution in [3.05, 3.63) is 35.5 Å². The number of ether oxygens (including phenoxy) is 1. The fraction of sp³-hybridized carbons (Fsp3) is 0.474. The van der Waals surface area contributed by atoms with Crippen molar-refractivity contribution in [2.75, 3.05) is 13.7 Å². The van der Waals surface area contributed by atoms with Crippen molar-refractivity contribution in [3.8, 4) is 0 Å². The van der Waals surface area contributed by atoms with Crippen LogP contribution in [-0.2, 0) is 18.8 Å². The molecule has 0 radical (unpaired) electrons. The number of carbonyl (C=O) groups is 1. The first-order valence-electron chi connectivity index (χ1n) is 8.79. The van der Waals surface area contributed by atoms with Crippen LogP contribution in [0.3, 0.4) is 0 Å². The predicted octanol–water partition coefficient (Wildman–Crippen LogP) is 2.20. The molecule has 1 heterocycles. The molecule has 0 spiro atoms. The van der Waals surface area contributed by atoms with Crippen LogP contribution in [0, 0.1) is 11.6 Å². The molecule has 2 rings (SSSR count). The van der Waals surface area contributed by atoms with E-state index in [9.17, 15) is 13.6 Å². The van der Waals surface area contributed by atoms with Gasteiger partial charge in [0, 0.05) is 28.5 Å². The molecular formula is C19H25BF2N2O4. The summed E-state index contributed by atoms with van der Waals surface area (Å²) >= 11 is 0. The summed E-state index contributed by atoms with van der Waals surface area (Å²) in [4.78, 5) is 15.2. The molecule has 2 N–H and O–H groups in total. The van der Waals surface area contributed by atoms with Crippen LogP contribution < -0.4 is 11.2 Å². The normalized spacial score (nSPS) is 19.1. The van der Waals surface area contributed by atoms with Crippen LogP contribution >= 0.6 is 0 Å². The quantitative estimate of drug-likeness (QED) is 0.470. The van der Waals surface area contributed by atoms with Crippen molar-refractivity contribution < 1.29 is 27.6 Å². The summed E-state index contributed by atoms with van der Waals surface area (Å²) in [6.45, 7) is 8.59. The second kappa shape index (κ2) is 8.01. The Hall–Kier alpha value is -2.26. The van der Waals surface area contributed by atoms with Crippen molar-refractivity contribution in [2.24, 2.45) is 10.7 Å². The Bertz CT molecular complexity index is 821. The minimum atomic E-state index is -1.10. The number of halogens is 2. The predicted molar refractivity (Wildman–Crippen MR) is 104 cm³/mol. The molecule has 1 aliphatic rings. The van der Waals surface area contributed by atoms with Crippen LogP contribution in [-0.4, -0.2) is 43.7 Å². The first kappa shape index (κ1) is 22.0. The molecule has 152 valence electrons. The Morgan fingerprint density at radius 3 is 2.29 bits per heavy atom.